The number of rotatable bonds is 4. The van der Waals surface area contributed by atoms with Crippen LogP contribution >= 0.6 is 0 Å². The summed E-state index contributed by atoms with van der Waals surface area (Å²) in [7, 11) is 0. The number of halogens is 1. The Balaban J connectivity index is 1.62. The molecule has 3 aliphatic carbocycles. The summed E-state index contributed by atoms with van der Waals surface area (Å²) in [5, 5.41) is 23.3. The minimum atomic E-state index is -0.855. The van der Waals surface area contributed by atoms with Crippen LogP contribution in [-0.4, -0.2) is 37.1 Å². The molecule has 0 saturated heterocycles. The highest BCUT2D eigenvalue weighted by atomic mass is 19.1. The van der Waals surface area contributed by atoms with E-state index in [9.17, 15) is 15.2 Å². The van der Waals surface area contributed by atoms with E-state index in [0.717, 1.165) is 25.7 Å². The van der Waals surface area contributed by atoms with Crippen LogP contribution in [0.2, 0.25) is 0 Å². The monoisotopic (exact) mass is 420 g/mol. The highest BCUT2D eigenvalue weighted by Crippen LogP contribution is 2.46. The quantitative estimate of drug-likeness (QED) is 0.588. The standard InChI is InChI=1S/C22H21FN6O2/c1-10-13(6-24)19(14-8-26-20-15(14)7-25-9-27-20)29-21(17(10)23)28-18-12-4-2-11(3-5-12)16(18)22(30)31/h7-9,11-12,16,18H,2-5H2,1H3,(H,28,29)(H,30,31)(H,25,26,27). The maximum absolute atomic E-state index is 15.3. The molecule has 3 aliphatic rings. The van der Waals surface area contributed by atoms with Crippen molar-refractivity contribution in [1.29, 1.82) is 5.26 Å². The van der Waals surface area contributed by atoms with E-state index in [-0.39, 0.29) is 28.8 Å². The van der Waals surface area contributed by atoms with Crippen LogP contribution in [0.15, 0.2) is 18.7 Å². The van der Waals surface area contributed by atoms with Gasteiger partial charge in [-0.3, -0.25) is 4.79 Å². The van der Waals surface area contributed by atoms with E-state index in [0.29, 0.717) is 22.3 Å². The van der Waals surface area contributed by atoms with Crippen LogP contribution in [0.4, 0.5) is 10.2 Å². The van der Waals surface area contributed by atoms with Crippen molar-refractivity contribution < 1.29 is 14.3 Å². The van der Waals surface area contributed by atoms with Gasteiger partial charge in [0.15, 0.2) is 11.6 Å². The summed E-state index contributed by atoms with van der Waals surface area (Å²) >= 11 is 0. The Hall–Kier alpha value is -3.54. The summed E-state index contributed by atoms with van der Waals surface area (Å²) in [6, 6.07) is 1.67. The third kappa shape index (κ3) is 3.02. The van der Waals surface area contributed by atoms with Gasteiger partial charge in [0, 0.05) is 34.9 Å². The van der Waals surface area contributed by atoms with Crippen molar-refractivity contribution >= 4 is 22.8 Å². The number of aliphatic carboxylic acids is 1. The molecule has 0 amide bonds. The molecule has 3 saturated carbocycles. The topological polar surface area (TPSA) is 128 Å². The Morgan fingerprint density at radius 3 is 2.77 bits per heavy atom. The highest BCUT2D eigenvalue weighted by molar-refractivity contribution is 5.93. The largest absolute Gasteiger partial charge is 0.481 e. The smallest absolute Gasteiger partial charge is 0.308 e. The number of nitrogens with one attached hydrogen (secondary N) is 2. The minimum absolute atomic E-state index is 0.0125. The van der Waals surface area contributed by atoms with Crippen molar-refractivity contribution in [2.45, 2.75) is 38.6 Å². The van der Waals surface area contributed by atoms with E-state index in [2.05, 4.69) is 31.3 Å². The van der Waals surface area contributed by atoms with Gasteiger partial charge >= 0.3 is 5.97 Å². The summed E-state index contributed by atoms with van der Waals surface area (Å²) in [5.74, 6) is -1.81. The van der Waals surface area contributed by atoms with Gasteiger partial charge < -0.3 is 15.4 Å². The van der Waals surface area contributed by atoms with E-state index in [1.165, 1.54) is 13.3 Å². The van der Waals surface area contributed by atoms with Gasteiger partial charge in [-0.05, 0) is 44.4 Å². The number of aromatic nitrogens is 4. The molecule has 3 aromatic heterocycles. The molecule has 0 spiro atoms. The molecule has 9 heteroatoms. The zero-order valence-corrected chi connectivity index (χ0v) is 16.9. The lowest BCUT2D eigenvalue weighted by molar-refractivity contribution is -0.148. The van der Waals surface area contributed by atoms with Gasteiger partial charge in [0.1, 0.15) is 18.0 Å². The molecule has 2 bridgehead atoms. The Kier molecular flexibility index (Phi) is 4.58. The fraction of sp³-hybridized carbons (Fsp3) is 0.409. The van der Waals surface area contributed by atoms with Crippen LogP contribution in [0, 0.1) is 41.8 Å². The van der Waals surface area contributed by atoms with E-state index in [1.807, 2.05) is 0 Å². The number of fused-ring (bicyclic) bond motifs is 4. The van der Waals surface area contributed by atoms with Crippen molar-refractivity contribution in [1.82, 2.24) is 19.9 Å². The Labute approximate surface area is 177 Å². The number of carbonyl (C=O) groups is 1. The molecule has 3 aromatic rings. The van der Waals surface area contributed by atoms with E-state index < -0.39 is 23.7 Å². The summed E-state index contributed by atoms with van der Waals surface area (Å²) in [5.41, 5.74) is 1.81. The molecule has 3 N–H and O–H groups in total. The molecule has 158 valence electrons. The Morgan fingerprint density at radius 1 is 1.32 bits per heavy atom. The zero-order valence-electron chi connectivity index (χ0n) is 16.9. The normalized spacial score (nSPS) is 24.8. The summed E-state index contributed by atoms with van der Waals surface area (Å²) < 4.78 is 15.3. The number of hydrogen-bond donors (Lipinski definition) is 3. The number of hydrogen-bond acceptors (Lipinski definition) is 6. The Bertz CT molecular complexity index is 1220. The van der Waals surface area contributed by atoms with Crippen LogP contribution in [0.25, 0.3) is 22.3 Å². The predicted octanol–water partition coefficient (Wildman–Crippen LogP) is 3.64. The minimum Gasteiger partial charge on any atom is -0.481 e. The second kappa shape index (κ2) is 7.30. The summed E-state index contributed by atoms with van der Waals surface area (Å²) in [6.07, 6.45) is 8.33. The van der Waals surface area contributed by atoms with Crippen molar-refractivity contribution in [2.24, 2.45) is 17.8 Å². The molecule has 31 heavy (non-hydrogen) atoms. The average molecular weight is 420 g/mol. The van der Waals surface area contributed by atoms with Crippen LogP contribution in [-0.2, 0) is 4.79 Å². The average Bonchev–Trinajstić information content (AvgIpc) is 3.21. The third-order valence-electron chi connectivity index (χ3n) is 6.90. The summed E-state index contributed by atoms with van der Waals surface area (Å²) in [6.45, 7) is 1.54. The molecule has 0 aliphatic heterocycles. The number of nitriles is 1. The van der Waals surface area contributed by atoms with E-state index >= 15 is 4.39 Å². The van der Waals surface area contributed by atoms with Crippen LogP contribution in [0.3, 0.4) is 0 Å². The molecular formula is C22H21FN6O2. The number of carboxylic acid groups (broad SMARTS) is 1. The number of aromatic amines is 1. The van der Waals surface area contributed by atoms with Crippen molar-refractivity contribution in [3.8, 4) is 17.3 Å². The van der Waals surface area contributed by atoms with Gasteiger partial charge in [-0.25, -0.2) is 19.3 Å². The molecular weight excluding hydrogens is 399 g/mol. The van der Waals surface area contributed by atoms with E-state index in [4.69, 9.17) is 0 Å². The van der Waals surface area contributed by atoms with Crippen LogP contribution in [0.1, 0.15) is 36.8 Å². The number of carboxylic acids is 1. The number of H-pyrrole nitrogens is 1. The van der Waals surface area contributed by atoms with E-state index in [1.54, 1.807) is 12.4 Å². The van der Waals surface area contributed by atoms with Gasteiger partial charge in [0.2, 0.25) is 0 Å². The maximum atomic E-state index is 15.3. The van der Waals surface area contributed by atoms with Crippen molar-refractivity contribution in [3.63, 3.8) is 0 Å². The van der Waals surface area contributed by atoms with Gasteiger partial charge in [-0.15, -0.1) is 0 Å². The molecule has 8 nitrogen and oxygen atoms in total. The highest BCUT2D eigenvalue weighted by Gasteiger charge is 2.47. The molecule has 0 radical (unpaired) electrons. The van der Waals surface area contributed by atoms with Crippen LogP contribution in [0.5, 0.6) is 0 Å². The third-order valence-corrected chi connectivity index (χ3v) is 6.90. The van der Waals surface area contributed by atoms with Crippen LogP contribution < -0.4 is 5.32 Å². The molecule has 3 heterocycles. The van der Waals surface area contributed by atoms with Gasteiger partial charge in [0.25, 0.3) is 0 Å². The molecule has 6 rings (SSSR count). The fourth-order valence-corrected chi connectivity index (χ4v) is 5.34. The van der Waals surface area contributed by atoms with Gasteiger partial charge in [-0.2, -0.15) is 5.26 Å². The van der Waals surface area contributed by atoms with Crippen molar-refractivity contribution in [2.75, 3.05) is 5.32 Å². The van der Waals surface area contributed by atoms with Gasteiger partial charge in [0.05, 0.1) is 17.2 Å². The SMILES string of the molecule is Cc1c(F)c(NC2C3CCC(CC3)C2C(=O)O)nc(-c2c[nH]c3ncncc23)c1C#N. The first-order valence-electron chi connectivity index (χ1n) is 10.4. The second-order valence-electron chi connectivity index (χ2n) is 8.43. The first kappa shape index (κ1) is 19.4. The summed E-state index contributed by atoms with van der Waals surface area (Å²) in [4.78, 5) is 27.7. The van der Waals surface area contributed by atoms with Gasteiger partial charge in [-0.1, -0.05) is 0 Å². The maximum Gasteiger partial charge on any atom is 0.308 e. The number of anilines is 1. The zero-order chi connectivity index (χ0) is 21.7. The first-order valence-corrected chi connectivity index (χ1v) is 10.4. The number of nitrogens with zero attached hydrogens (tertiary/aromatic N) is 4. The predicted molar refractivity (Wildman–Crippen MR) is 111 cm³/mol. The first-order chi connectivity index (χ1) is 15.0. The fourth-order valence-electron chi connectivity index (χ4n) is 5.34. The number of pyridine rings is 1. The lowest BCUT2D eigenvalue weighted by atomic mass is 9.61. The van der Waals surface area contributed by atoms with Crippen molar-refractivity contribution in [3.05, 3.63) is 35.7 Å². The lowest BCUT2D eigenvalue weighted by Crippen LogP contribution is -2.51. The Morgan fingerprint density at radius 2 is 2.06 bits per heavy atom. The molecule has 3 fully saturated rings. The second-order valence-corrected chi connectivity index (χ2v) is 8.43. The molecule has 2 atom stereocenters. The molecule has 2 unspecified atom stereocenters. The lowest BCUT2D eigenvalue weighted by Gasteiger charge is -2.47. The molecule has 0 aromatic carbocycles.